The van der Waals surface area contributed by atoms with E-state index in [1.165, 1.54) is 6.07 Å². The zero-order valence-corrected chi connectivity index (χ0v) is 10.6. The summed E-state index contributed by atoms with van der Waals surface area (Å²) in [5.41, 5.74) is 6.73. The largest absolute Gasteiger partial charge is 0.325 e. The minimum Gasteiger partial charge on any atom is -0.325 e. The molecule has 0 aromatic heterocycles. The summed E-state index contributed by atoms with van der Waals surface area (Å²) in [6, 6.07) is 4.74. The molecule has 1 amide bonds. The van der Waals surface area contributed by atoms with Crippen LogP contribution >= 0.6 is 0 Å². The predicted molar refractivity (Wildman–Crippen MR) is 69.8 cm³/mol. The highest BCUT2D eigenvalue weighted by Gasteiger charge is 2.31. The van der Waals surface area contributed by atoms with Gasteiger partial charge in [-0.3, -0.25) is 4.79 Å². The summed E-state index contributed by atoms with van der Waals surface area (Å²) >= 11 is 0. The van der Waals surface area contributed by atoms with Crippen LogP contribution in [0.2, 0.25) is 0 Å². The van der Waals surface area contributed by atoms with Gasteiger partial charge in [-0.05, 0) is 31.4 Å². The van der Waals surface area contributed by atoms with Gasteiger partial charge in [0.2, 0.25) is 5.91 Å². The van der Waals surface area contributed by atoms with Gasteiger partial charge in [-0.1, -0.05) is 25.0 Å². The summed E-state index contributed by atoms with van der Waals surface area (Å²) < 4.78 is 13.6. The quantitative estimate of drug-likeness (QED) is 0.866. The molecule has 1 aliphatic rings. The third kappa shape index (κ3) is 2.88. The molecule has 3 nitrogen and oxygen atoms in total. The van der Waals surface area contributed by atoms with E-state index in [0.29, 0.717) is 0 Å². The van der Waals surface area contributed by atoms with Gasteiger partial charge < -0.3 is 11.1 Å². The first-order chi connectivity index (χ1) is 8.50. The molecule has 2 rings (SSSR count). The van der Waals surface area contributed by atoms with Gasteiger partial charge in [0.15, 0.2) is 0 Å². The van der Waals surface area contributed by atoms with E-state index in [9.17, 15) is 9.18 Å². The second kappa shape index (κ2) is 5.06. The van der Waals surface area contributed by atoms with Crippen molar-refractivity contribution in [2.75, 3.05) is 5.32 Å². The Morgan fingerprint density at radius 1 is 1.44 bits per heavy atom. The molecule has 98 valence electrons. The van der Waals surface area contributed by atoms with Crippen LogP contribution in [0.3, 0.4) is 0 Å². The highest BCUT2D eigenvalue weighted by Crippen LogP contribution is 2.30. The molecular formula is C14H19FN2O. The van der Waals surface area contributed by atoms with Crippen molar-refractivity contribution in [1.82, 2.24) is 0 Å². The van der Waals surface area contributed by atoms with Gasteiger partial charge >= 0.3 is 0 Å². The molecular weight excluding hydrogens is 231 g/mol. The smallest absolute Gasteiger partial charge is 0.226 e. The fourth-order valence-corrected chi connectivity index (χ4v) is 2.55. The molecule has 0 saturated heterocycles. The number of carbonyl (C=O) groups excluding carboxylic acids is 1. The van der Waals surface area contributed by atoms with Crippen molar-refractivity contribution >= 4 is 11.6 Å². The number of benzene rings is 1. The van der Waals surface area contributed by atoms with E-state index in [1.54, 1.807) is 19.1 Å². The highest BCUT2D eigenvalue weighted by molar-refractivity contribution is 5.92. The molecule has 4 heteroatoms. The molecule has 1 aromatic carbocycles. The minimum absolute atomic E-state index is 0.201. The van der Waals surface area contributed by atoms with Crippen molar-refractivity contribution in [2.45, 2.75) is 44.6 Å². The number of para-hydroxylation sites is 1. The molecule has 0 bridgehead atoms. The Balaban J connectivity index is 2.03. The molecule has 1 saturated carbocycles. The molecule has 0 radical (unpaired) electrons. The van der Waals surface area contributed by atoms with Crippen molar-refractivity contribution in [2.24, 2.45) is 5.73 Å². The molecule has 18 heavy (non-hydrogen) atoms. The third-order valence-corrected chi connectivity index (χ3v) is 3.60. The van der Waals surface area contributed by atoms with Gasteiger partial charge in [0.25, 0.3) is 0 Å². The van der Waals surface area contributed by atoms with E-state index < -0.39 is 11.4 Å². The number of rotatable bonds is 3. The van der Waals surface area contributed by atoms with Crippen LogP contribution in [0.4, 0.5) is 10.1 Å². The summed E-state index contributed by atoms with van der Waals surface area (Å²) in [5, 5.41) is 2.64. The fourth-order valence-electron chi connectivity index (χ4n) is 2.55. The number of amides is 1. The molecule has 0 spiro atoms. The Kier molecular flexibility index (Phi) is 3.66. The number of hydrogen-bond donors (Lipinski definition) is 2. The summed E-state index contributed by atoms with van der Waals surface area (Å²) in [5.74, 6) is -0.603. The van der Waals surface area contributed by atoms with Crippen LogP contribution in [-0.4, -0.2) is 11.4 Å². The van der Waals surface area contributed by atoms with E-state index >= 15 is 0 Å². The lowest BCUT2D eigenvalue weighted by atomic mass is 9.94. The third-order valence-electron chi connectivity index (χ3n) is 3.60. The summed E-state index contributed by atoms with van der Waals surface area (Å²) in [7, 11) is 0. The van der Waals surface area contributed by atoms with Crippen molar-refractivity contribution < 1.29 is 9.18 Å². The van der Waals surface area contributed by atoms with E-state index in [1.807, 2.05) is 0 Å². The summed E-state index contributed by atoms with van der Waals surface area (Å²) in [6.45, 7) is 1.77. The number of nitrogens with two attached hydrogens (primary N) is 1. The molecule has 1 fully saturated rings. The molecule has 1 aromatic rings. The monoisotopic (exact) mass is 250 g/mol. The number of carbonyl (C=O) groups is 1. The Hall–Kier alpha value is -1.42. The van der Waals surface area contributed by atoms with E-state index in [2.05, 4.69) is 5.32 Å². The number of anilines is 1. The average Bonchev–Trinajstić information content (AvgIpc) is 2.70. The maximum atomic E-state index is 13.6. The zero-order chi connectivity index (χ0) is 13.2. The van der Waals surface area contributed by atoms with Gasteiger partial charge in [0.05, 0.1) is 5.69 Å². The number of aryl methyl sites for hydroxylation is 1. The minimum atomic E-state index is -0.402. The molecule has 0 atom stereocenters. The van der Waals surface area contributed by atoms with Crippen LogP contribution in [-0.2, 0) is 4.79 Å². The SMILES string of the molecule is Cc1cccc(F)c1NC(=O)CC1(N)CCCC1. The predicted octanol–water partition coefficient (Wildman–Crippen LogP) is 2.73. The standard InChI is InChI=1S/C14H19FN2O/c1-10-5-4-6-11(15)13(10)17-12(18)9-14(16)7-2-3-8-14/h4-6H,2-3,7-9,16H2,1H3,(H,17,18). The van der Waals surface area contributed by atoms with Gasteiger partial charge in [-0.15, -0.1) is 0 Å². The molecule has 1 aliphatic carbocycles. The van der Waals surface area contributed by atoms with Crippen molar-refractivity contribution in [1.29, 1.82) is 0 Å². The Morgan fingerprint density at radius 2 is 2.11 bits per heavy atom. The van der Waals surface area contributed by atoms with Crippen molar-refractivity contribution in [3.05, 3.63) is 29.6 Å². The zero-order valence-electron chi connectivity index (χ0n) is 10.6. The Morgan fingerprint density at radius 3 is 2.72 bits per heavy atom. The lowest BCUT2D eigenvalue weighted by Crippen LogP contribution is -2.40. The van der Waals surface area contributed by atoms with Gasteiger partial charge in [-0.2, -0.15) is 0 Å². The Labute approximate surface area is 107 Å². The fraction of sp³-hybridized carbons (Fsp3) is 0.500. The second-order valence-corrected chi connectivity index (χ2v) is 5.23. The first kappa shape index (κ1) is 13.0. The molecule has 0 unspecified atom stereocenters. The Bertz CT molecular complexity index is 433. The highest BCUT2D eigenvalue weighted by atomic mass is 19.1. The lowest BCUT2D eigenvalue weighted by molar-refractivity contribution is -0.117. The molecule has 0 aliphatic heterocycles. The molecule has 0 heterocycles. The number of nitrogens with one attached hydrogen (secondary N) is 1. The normalized spacial score (nSPS) is 17.7. The van der Waals surface area contributed by atoms with Crippen molar-refractivity contribution in [3.8, 4) is 0 Å². The van der Waals surface area contributed by atoms with Crippen LogP contribution in [0.5, 0.6) is 0 Å². The lowest BCUT2D eigenvalue weighted by Gasteiger charge is -2.22. The molecule has 3 N–H and O–H groups in total. The maximum Gasteiger partial charge on any atom is 0.226 e. The van der Waals surface area contributed by atoms with Crippen molar-refractivity contribution in [3.63, 3.8) is 0 Å². The first-order valence-electron chi connectivity index (χ1n) is 6.34. The average molecular weight is 250 g/mol. The first-order valence-corrected chi connectivity index (χ1v) is 6.34. The topological polar surface area (TPSA) is 55.1 Å². The van der Waals surface area contributed by atoms with Crippen LogP contribution in [0, 0.1) is 12.7 Å². The van der Waals surface area contributed by atoms with Crippen LogP contribution in [0.25, 0.3) is 0 Å². The van der Waals surface area contributed by atoms with Gasteiger partial charge in [-0.25, -0.2) is 4.39 Å². The van der Waals surface area contributed by atoms with Crippen LogP contribution in [0.1, 0.15) is 37.7 Å². The summed E-state index contributed by atoms with van der Waals surface area (Å²) in [4.78, 5) is 11.9. The van der Waals surface area contributed by atoms with Crippen LogP contribution < -0.4 is 11.1 Å². The van der Waals surface area contributed by atoms with Gasteiger partial charge in [0, 0.05) is 12.0 Å². The second-order valence-electron chi connectivity index (χ2n) is 5.23. The number of hydrogen-bond acceptors (Lipinski definition) is 2. The summed E-state index contributed by atoms with van der Waals surface area (Å²) in [6.07, 6.45) is 4.15. The maximum absolute atomic E-state index is 13.6. The van der Waals surface area contributed by atoms with Crippen LogP contribution in [0.15, 0.2) is 18.2 Å². The van der Waals surface area contributed by atoms with E-state index in [0.717, 1.165) is 31.2 Å². The van der Waals surface area contributed by atoms with E-state index in [-0.39, 0.29) is 18.0 Å². The number of halogens is 1. The van der Waals surface area contributed by atoms with E-state index in [4.69, 9.17) is 5.73 Å². The van der Waals surface area contributed by atoms with Gasteiger partial charge in [0.1, 0.15) is 5.82 Å².